The monoisotopic (exact) mass is 267 g/mol. The van der Waals surface area contributed by atoms with Gasteiger partial charge in [-0.15, -0.1) is 0 Å². The quantitative estimate of drug-likeness (QED) is 0.790. The molecular formula is C14H21NO4. The number of carboxylic acids is 1. The van der Waals surface area contributed by atoms with Crippen molar-refractivity contribution in [2.24, 2.45) is 5.41 Å². The molecule has 1 saturated carbocycles. The van der Waals surface area contributed by atoms with E-state index in [0.717, 1.165) is 30.6 Å². The topological polar surface area (TPSA) is 74.7 Å². The van der Waals surface area contributed by atoms with E-state index in [0.29, 0.717) is 25.7 Å². The third-order valence-corrected chi connectivity index (χ3v) is 4.41. The fraction of sp³-hybridized carbons (Fsp3) is 0.786. The Hall–Kier alpha value is -1.39. The lowest BCUT2D eigenvalue weighted by Crippen LogP contribution is -2.54. The predicted molar refractivity (Wildman–Crippen MR) is 68.3 cm³/mol. The average molecular weight is 267 g/mol. The number of rotatable bonds is 4. The van der Waals surface area contributed by atoms with Gasteiger partial charge in [-0.25, -0.2) is 4.79 Å². The normalized spacial score (nSPS) is 23.9. The van der Waals surface area contributed by atoms with Gasteiger partial charge in [-0.05, 0) is 24.7 Å². The lowest BCUT2D eigenvalue weighted by atomic mass is 9.76. The van der Waals surface area contributed by atoms with Crippen molar-refractivity contribution in [1.29, 1.82) is 0 Å². The van der Waals surface area contributed by atoms with Gasteiger partial charge in [-0.1, -0.05) is 26.2 Å². The number of carboxylic acid groups (broad SMARTS) is 1. The zero-order valence-corrected chi connectivity index (χ0v) is 11.4. The summed E-state index contributed by atoms with van der Waals surface area (Å²) in [5.74, 6) is -1.66. The van der Waals surface area contributed by atoms with E-state index < -0.39 is 12.0 Å². The second-order valence-corrected chi connectivity index (χ2v) is 5.86. The van der Waals surface area contributed by atoms with Crippen molar-refractivity contribution in [2.45, 2.75) is 64.3 Å². The minimum absolute atomic E-state index is 0.167. The summed E-state index contributed by atoms with van der Waals surface area (Å²) in [6.07, 6.45) is 5.63. The molecule has 19 heavy (non-hydrogen) atoms. The smallest absolute Gasteiger partial charge is 0.326 e. The number of hydrogen-bond acceptors (Lipinski definition) is 3. The Morgan fingerprint density at radius 3 is 2.21 bits per heavy atom. The molecule has 1 aliphatic heterocycles. The van der Waals surface area contributed by atoms with Gasteiger partial charge in [0.05, 0.1) is 0 Å². The Balaban J connectivity index is 2.17. The lowest BCUT2D eigenvalue weighted by Gasteiger charge is -2.39. The molecule has 1 spiro atoms. The van der Waals surface area contributed by atoms with E-state index in [1.165, 1.54) is 0 Å². The number of carbonyl (C=O) groups is 3. The SMILES string of the molecule is CCCC(C(=O)O)N1C(=O)CC2(CCCC2)CC1=O. The number of piperidine rings is 1. The van der Waals surface area contributed by atoms with E-state index >= 15 is 0 Å². The van der Waals surface area contributed by atoms with Gasteiger partial charge in [0.15, 0.2) is 0 Å². The number of nitrogens with zero attached hydrogens (tertiary/aromatic N) is 1. The van der Waals surface area contributed by atoms with Crippen LogP contribution in [-0.4, -0.2) is 33.8 Å². The van der Waals surface area contributed by atoms with Crippen molar-refractivity contribution in [1.82, 2.24) is 4.90 Å². The molecule has 1 aliphatic carbocycles. The maximum Gasteiger partial charge on any atom is 0.326 e. The maximum absolute atomic E-state index is 12.2. The summed E-state index contributed by atoms with van der Waals surface area (Å²) >= 11 is 0. The van der Waals surface area contributed by atoms with Crippen LogP contribution in [0.4, 0.5) is 0 Å². The molecule has 1 unspecified atom stereocenters. The van der Waals surface area contributed by atoms with Gasteiger partial charge in [0.2, 0.25) is 11.8 Å². The minimum atomic E-state index is -1.08. The first-order valence-corrected chi connectivity index (χ1v) is 7.07. The van der Waals surface area contributed by atoms with Gasteiger partial charge in [0.25, 0.3) is 0 Å². The summed E-state index contributed by atoms with van der Waals surface area (Å²) in [5.41, 5.74) is -0.167. The first-order chi connectivity index (χ1) is 8.99. The van der Waals surface area contributed by atoms with E-state index in [1.807, 2.05) is 6.92 Å². The van der Waals surface area contributed by atoms with E-state index in [2.05, 4.69) is 0 Å². The van der Waals surface area contributed by atoms with E-state index in [-0.39, 0.29) is 17.2 Å². The molecule has 5 heteroatoms. The molecule has 2 amide bonds. The van der Waals surface area contributed by atoms with Gasteiger partial charge in [0.1, 0.15) is 6.04 Å². The van der Waals surface area contributed by atoms with Crippen molar-refractivity contribution in [3.63, 3.8) is 0 Å². The molecule has 0 bridgehead atoms. The van der Waals surface area contributed by atoms with Crippen molar-refractivity contribution >= 4 is 17.8 Å². The summed E-state index contributed by atoms with van der Waals surface area (Å²) in [6, 6.07) is -0.983. The third kappa shape index (κ3) is 2.65. The molecule has 0 aromatic rings. The van der Waals surface area contributed by atoms with E-state index in [4.69, 9.17) is 0 Å². The third-order valence-electron chi connectivity index (χ3n) is 4.41. The van der Waals surface area contributed by atoms with Crippen LogP contribution in [0.3, 0.4) is 0 Å². The number of aliphatic carboxylic acids is 1. The molecule has 5 nitrogen and oxygen atoms in total. The molecule has 1 saturated heterocycles. The van der Waals surface area contributed by atoms with Gasteiger partial charge in [-0.2, -0.15) is 0 Å². The summed E-state index contributed by atoms with van der Waals surface area (Å²) in [7, 11) is 0. The fourth-order valence-corrected chi connectivity index (χ4v) is 3.48. The van der Waals surface area contributed by atoms with Crippen molar-refractivity contribution in [2.75, 3.05) is 0 Å². The molecule has 0 aromatic heterocycles. The van der Waals surface area contributed by atoms with E-state index in [9.17, 15) is 19.5 Å². The van der Waals surface area contributed by atoms with Crippen LogP contribution in [0.2, 0.25) is 0 Å². The number of hydrogen-bond donors (Lipinski definition) is 1. The number of likely N-dealkylation sites (tertiary alicyclic amines) is 1. The highest BCUT2D eigenvalue weighted by Crippen LogP contribution is 2.47. The first-order valence-electron chi connectivity index (χ1n) is 7.07. The summed E-state index contributed by atoms with van der Waals surface area (Å²) in [5, 5.41) is 9.20. The van der Waals surface area contributed by atoms with Crippen LogP contribution in [0, 0.1) is 5.41 Å². The molecule has 0 aromatic carbocycles. The zero-order valence-electron chi connectivity index (χ0n) is 11.4. The van der Waals surface area contributed by atoms with Crippen molar-refractivity contribution in [3.05, 3.63) is 0 Å². The molecule has 1 heterocycles. The van der Waals surface area contributed by atoms with E-state index in [1.54, 1.807) is 0 Å². The Bertz CT molecular complexity index is 378. The highest BCUT2D eigenvalue weighted by Gasteiger charge is 2.47. The summed E-state index contributed by atoms with van der Waals surface area (Å²) in [6.45, 7) is 1.85. The molecule has 2 aliphatic rings. The molecule has 2 rings (SSSR count). The van der Waals surface area contributed by atoms with Gasteiger partial charge < -0.3 is 5.11 Å². The Morgan fingerprint density at radius 1 is 1.26 bits per heavy atom. The van der Waals surface area contributed by atoms with Crippen molar-refractivity contribution < 1.29 is 19.5 Å². The molecule has 1 atom stereocenters. The zero-order chi connectivity index (χ0) is 14.0. The Kier molecular flexibility index (Phi) is 3.92. The van der Waals surface area contributed by atoms with Crippen LogP contribution < -0.4 is 0 Å². The fourth-order valence-electron chi connectivity index (χ4n) is 3.48. The number of amides is 2. The van der Waals surface area contributed by atoms with Crippen LogP contribution in [0.25, 0.3) is 0 Å². The largest absolute Gasteiger partial charge is 0.480 e. The maximum atomic E-state index is 12.2. The lowest BCUT2D eigenvalue weighted by molar-refractivity contribution is -0.164. The van der Waals surface area contributed by atoms with Gasteiger partial charge in [0, 0.05) is 12.8 Å². The van der Waals surface area contributed by atoms with Gasteiger partial charge >= 0.3 is 5.97 Å². The molecule has 106 valence electrons. The first kappa shape index (κ1) is 14.0. The minimum Gasteiger partial charge on any atom is -0.480 e. The molecule has 1 N–H and O–H groups in total. The highest BCUT2D eigenvalue weighted by molar-refractivity contribution is 6.01. The van der Waals surface area contributed by atoms with Crippen LogP contribution in [0.1, 0.15) is 58.3 Å². The second-order valence-electron chi connectivity index (χ2n) is 5.86. The van der Waals surface area contributed by atoms with Crippen LogP contribution in [0.5, 0.6) is 0 Å². The molecule has 2 fully saturated rings. The Morgan fingerprint density at radius 2 is 1.79 bits per heavy atom. The average Bonchev–Trinajstić information content (AvgIpc) is 2.74. The summed E-state index contributed by atoms with van der Waals surface area (Å²) in [4.78, 5) is 36.7. The number of imide groups is 1. The standard InChI is InChI=1S/C14H21NO4/c1-2-5-10(13(18)19)15-11(16)8-14(9-12(15)17)6-3-4-7-14/h10H,2-9H2,1H3,(H,18,19). The van der Waals surface area contributed by atoms with Crippen LogP contribution in [-0.2, 0) is 14.4 Å². The molecule has 0 radical (unpaired) electrons. The highest BCUT2D eigenvalue weighted by atomic mass is 16.4. The predicted octanol–water partition coefficient (Wildman–Crippen LogP) is 1.95. The summed E-state index contributed by atoms with van der Waals surface area (Å²) < 4.78 is 0. The molecular weight excluding hydrogens is 246 g/mol. The van der Waals surface area contributed by atoms with Crippen molar-refractivity contribution in [3.8, 4) is 0 Å². The van der Waals surface area contributed by atoms with Crippen LogP contribution in [0.15, 0.2) is 0 Å². The van der Waals surface area contributed by atoms with Gasteiger partial charge in [-0.3, -0.25) is 14.5 Å². The second kappa shape index (κ2) is 5.31. The Labute approximate surface area is 113 Å². The van der Waals surface area contributed by atoms with Crippen LogP contribution >= 0.6 is 0 Å². The number of carbonyl (C=O) groups excluding carboxylic acids is 2.